The number of aliphatic carboxylic acids is 1. The molecule has 8 nitrogen and oxygen atoms in total. The molecule has 0 bridgehead atoms. The monoisotopic (exact) mass is 463 g/mol. The predicted molar refractivity (Wildman–Crippen MR) is 130 cm³/mol. The van der Waals surface area contributed by atoms with Crippen LogP contribution in [0.5, 0.6) is 5.75 Å². The lowest BCUT2D eigenvalue weighted by Gasteiger charge is -2.31. The van der Waals surface area contributed by atoms with E-state index in [4.69, 9.17) is 15.9 Å². The minimum absolute atomic E-state index is 0.0187. The number of carboxylic acids is 1. The van der Waals surface area contributed by atoms with E-state index in [1.165, 1.54) is 0 Å². The van der Waals surface area contributed by atoms with Crippen LogP contribution in [0.25, 0.3) is 10.1 Å². The fourth-order valence-electron chi connectivity index (χ4n) is 4.67. The number of fused-ring (bicyclic) bond motifs is 1. The van der Waals surface area contributed by atoms with E-state index in [1.54, 1.807) is 11.3 Å². The van der Waals surface area contributed by atoms with Gasteiger partial charge in [-0.2, -0.15) is 0 Å². The first kappa shape index (κ1) is 21.4. The molecule has 3 heterocycles. The van der Waals surface area contributed by atoms with Gasteiger partial charge in [-0.15, -0.1) is 11.3 Å². The number of nitrogens with one attached hydrogen (secondary N) is 3. The lowest BCUT2D eigenvalue weighted by molar-refractivity contribution is -0.145. The van der Waals surface area contributed by atoms with E-state index < -0.39 is 11.5 Å². The highest BCUT2D eigenvalue weighted by molar-refractivity contribution is 7.19. The van der Waals surface area contributed by atoms with Crippen molar-refractivity contribution in [1.82, 2.24) is 10.6 Å². The summed E-state index contributed by atoms with van der Waals surface area (Å²) in [6.45, 7) is 2.57. The standard InChI is InChI=1S/C24H25N5O3S/c25-22(26)14-1-6-19-15(11-14)12-20(33-19)18-7-8-29-24(18,23(30)31)16-2-4-17(5-3-16)32-13-21-27-9-10-28-21/h1-6,11-12,18,29H,7-10,13H2,(H3,25,26)(H,27,28)(H,30,31). The predicted octanol–water partition coefficient (Wildman–Crippen LogP) is 2.62. The van der Waals surface area contributed by atoms with Crippen molar-refractivity contribution in [2.24, 2.45) is 10.7 Å². The summed E-state index contributed by atoms with van der Waals surface area (Å²) in [5, 5.41) is 25.5. The van der Waals surface area contributed by atoms with Crippen LogP contribution in [0, 0.1) is 5.41 Å². The van der Waals surface area contributed by atoms with Gasteiger partial charge < -0.3 is 20.9 Å². The number of aliphatic imine (C=N–C) groups is 1. The van der Waals surface area contributed by atoms with Crippen molar-refractivity contribution in [1.29, 1.82) is 5.41 Å². The molecule has 170 valence electrons. The highest BCUT2D eigenvalue weighted by Crippen LogP contribution is 2.47. The Kier molecular flexibility index (Phi) is 5.51. The highest BCUT2D eigenvalue weighted by Gasteiger charge is 2.51. The Bertz CT molecular complexity index is 1250. The van der Waals surface area contributed by atoms with E-state index in [2.05, 4.69) is 15.6 Å². The van der Waals surface area contributed by atoms with E-state index in [0.717, 1.165) is 33.9 Å². The van der Waals surface area contributed by atoms with Gasteiger partial charge in [0.25, 0.3) is 0 Å². The Hall–Kier alpha value is -3.43. The second-order valence-electron chi connectivity index (χ2n) is 8.26. The summed E-state index contributed by atoms with van der Waals surface area (Å²) >= 11 is 1.60. The third kappa shape index (κ3) is 3.83. The first-order valence-corrected chi connectivity index (χ1v) is 11.7. The van der Waals surface area contributed by atoms with Gasteiger partial charge in [0.1, 0.15) is 29.6 Å². The molecule has 2 aliphatic rings. The minimum atomic E-state index is -1.22. The van der Waals surface area contributed by atoms with Crippen LogP contribution in [0.3, 0.4) is 0 Å². The SMILES string of the molecule is N=C(N)c1ccc2sc(C3CCNC3(C(=O)O)c3ccc(OCC4=NCCN4)cc3)cc2c1. The van der Waals surface area contributed by atoms with E-state index in [0.29, 0.717) is 36.4 Å². The lowest BCUT2D eigenvalue weighted by atomic mass is 9.78. The molecule has 5 rings (SSSR count). The van der Waals surface area contributed by atoms with Crippen LogP contribution in [-0.4, -0.2) is 49.0 Å². The van der Waals surface area contributed by atoms with Crippen molar-refractivity contribution in [2.45, 2.75) is 17.9 Å². The molecule has 0 radical (unpaired) electrons. The summed E-state index contributed by atoms with van der Waals surface area (Å²) in [5.41, 5.74) is 5.78. The van der Waals surface area contributed by atoms with Crippen LogP contribution >= 0.6 is 11.3 Å². The number of hydrogen-bond donors (Lipinski definition) is 5. The molecule has 1 aromatic heterocycles. The third-order valence-electron chi connectivity index (χ3n) is 6.32. The Balaban J connectivity index is 1.45. The van der Waals surface area contributed by atoms with Crippen LogP contribution in [-0.2, 0) is 10.3 Å². The average Bonchev–Trinajstić information content (AvgIpc) is 3.56. The van der Waals surface area contributed by atoms with Crippen LogP contribution < -0.4 is 21.1 Å². The zero-order chi connectivity index (χ0) is 23.0. The summed E-state index contributed by atoms with van der Waals surface area (Å²) in [6, 6.07) is 15.0. The van der Waals surface area contributed by atoms with Crippen molar-refractivity contribution in [3.63, 3.8) is 0 Å². The van der Waals surface area contributed by atoms with Gasteiger partial charge in [-0.3, -0.25) is 15.7 Å². The molecule has 6 N–H and O–H groups in total. The fraction of sp³-hybridized carbons (Fsp3) is 0.292. The largest absolute Gasteiger partial charge is 0.486 e. The molecule has 2 aliphatic heterocycles. The number of carboxylic acid groups (broad SMARTS) is 1. The maximum Gasteiger partial charge on any atom is 0.329 e. The van der Waals surface area contributed by atoms with Gasteiger partial charge in [0.15, 0.2) is 0 Å². The number of nitrogen functional groups attached to an aromatic ring is 1. The van der Waals surface area contributed by atoms with Crippen LogP contribution in [0.4, 0.5) is 0 Å². The van der Waals surface area contributed by atoms with E-state index in [-0.39, 0.29) is 11.8 Å². The maximum absolute atomic E-state index is 12.7. The van der Waals surface area contributed by atoms with Gasteiger partial charge in [-0.1, -0.05) is 12.1 Å². The minimum Gasteiger partial charge on any atom is -0.486 e. The molecule has 2 atom stereocenters. The number of nitrogens with two attached hydrogens (primary N) is 1. The molecule has 2 unspecified atom stereocenters. The van der Waals surface area contributed by atoms with Crippen LogP contribution in [0.1, 0.15) is 28.3 Å². The molecule has 1 fully saturated rings. The molecule has 0 amide bonds. The van der Waals surface area contributed by atoms with E-state index in [9.17, 15) is 9.90 Å². The maximum atomic E-state index is 12.7. The molecule has 33 heavy (non-hydrogen) atoms. The number of hydrogen-bond acceptors (Lipinski definition) is 7. The smallest absolute Gasteiger partial charge is 0.329 e. The Morgan fingerprint density at radius 3 is 2.76 bits per heavy atom. The zero-order valence-corrected chi connectivity index (χ0v) is 18.7. The highest BCUT2D eigenvalue weighted by atomic mass is 32.1. The quantitative estimate of drug-likeness (QED) is 0.270. The first-order chi connectivity index (χ1) is 16.0. The number of carbonyl (C=O) groups is 1. The summed E-state index contributed by atoms with van der Waals surface area (Å²) in [7, 11) is 0. The number of thiophene rings is 1. The summed E-state index contributed by atoms with van der Waals surface area (Å²) in [4.78, 5) is 18.0. The molecular weight excluding hydrogens is 438 g/mol. The van der Waals surface area contributed by atoms with Crippen molar-refractivity contribution >= 4 is 39.1 Å². The van der Waals surface area contributed by atoms with Gasteiger partial charge in [0.05, 0.1) is 6.54 Å². The molecule has 9 heteroatoms. The van der Waals surface area contributed by atoms with Crippen molar-refractivity contribution in [2.75, 3.05) is 26.2 Å². The fourth-order valence-corrected chi connectivity index (χ4v) is 5.92. The van der Waals surface area contributed by atoms with Crippen molar-refractivity contribution in [3.8, 4) is 5.75 Å². The van der Waals surface area contributed by atoms with Gasteiger partial charge in [0, 0.05) is 27.6 Å². The third-order valence-corrected chi connectivity index (χ3v) is 7.55. The number of rotatable bonds is 7. The number of amidine groups is 2. The van der Waals surface area contributed by atoms with Crippen LogP contribution in [0.2, 0.25) is 0 Å². The average molecular weight is 464 g/mol. The number of nitrogens with zero attached hydrogens (tertiary/aromatic N) is 1. The molecular formula is C24H25N5O3S. The second-order valence-corrected chi connectivity index (χ2v) is 9.38. The molecule has 0 spiro atoms. The first-order valence-electron chi connectivity index (χ1n) is 10.8. The van der Waals surface area contributed by atoms with Crippen molar-refractivity contribution in [3.05, 3.63) is 64.5 Å². The van der Waals surface area contributed by atoms with Gasteiger partial charge in [0.2, 0.25) is 0 Å². The Labute approximate surface area is 195 Å². The molecule has 1 saturated heterocycles. The van der Waals surface area contributed by atoms with Crippen molar-refractivity contribution < 1.29 is 14.6 Å². The summed E-state index contributed by atoms with van der Waals surface area (Å²) in [6.07, 6.45) is 0.711. The van der Waals surface area contributed by atoms with Crippen LogP contribution in [0.15, 0.2) is 53.5 Å². The molecule has 2 aromatic carbocycles. The number of benzene rings is 2. The topological polar surface area (TPSA) is 133 Å². The number of ether oxygens (including phenoxy) is 1. The Morgan fingerprint density at radius 1 is 1.24 bits per heavy atom. The summed E-state index contributed by atoms with van der Waals surface area (Å²) < 4.78 is 6.85. The Morgan fingerprint density at radius 2 is 2.06 bits per heavy atom. The van der Waals surface area contributed by atoms with Gasteiger partial charge in [-0.25, -0.2) is 4.79 Å². The van der Waals surface area contributed by atoms with E-state index in [1.807, 2.05) is 48.5 Å². The second kappa shape index (κ2) is 8.49. The molecule has 3 aromatic rings. The van der Waals surface area contributed by atoms with E-state index >= 15 is 0 Å². The lowest BCUT2D eigenvalue weighted by Crippen LogP contribution is -2.48. The normalized spacial score (nSPS) is 22.2. The van der Waals surface area contributed by atoms with Gasteiger partial charge >= 0.3 is 5.97 Å². The molecule has 0 saturated carbocycles. The van der Waals surface area contributed by atoms with Gasteiger partial charge in [-0.05, 0) is 60.3 Å². The molecule has 0 aliphatic carbocycles. The zero-order valence-electron chi connectivity index (χ0n) is 17.9. The summed E-state index contributed by atoms with van der Waals surface area (Å²) in [5.74, 6) is 0.396.